The molecule has 1 aromatic carbocycles. The molecule has 1 aliphatic heterocycles. The van der Waals surface area contributed by atoms with E-state index in [2.05, 4.69) is 4.99 Å². The minimum Gasteiger partial charge on any atom is -0.468 e. The molecule has 0 bridgehead atoms. The molecule has 1 aromatic rings. The first-order valence-electron chi connectivity index (χ1n) is 5.30. The number of carbonyl (C=O) groups is 1. The molecule has 1 atom stereocenters. The first kappa shape index (κ1) is 13.8. The highest BCUT2D eigenvalue weighted by Gasteiger charge is 2.30. The molecule has 1 unspecified atom stereocenters. The number of rotatable bonds is 2. The normalized spacial score (nSPS) is 21.3. The molecular formula is C12H11FINO2S. The summed E-state index contributed by atoms with van der Waals surface area (Å²) in [6.45, 7) is 0. The van der Waals surface area contributed by atoms with Crippen LogP contribution in [0.4, 0.5) is 10.1 Å². The van der Waals surface area contributed by atoms with Crippen molar-refractivity contribution in [2.45, 2.75) is 0 Å². The van der Waals surface area contributed by atoms with Crippen molar-refractivity contribution in [2.24, 2.45) is 10.9 Å². The van der Waals surface area contributed by atoms with E-state index in [0.29, 0.717) is 17.2 Å². The van der Waals surface area contributed by atoms with E-state index in [0.717, 1.165) is 3.57 Å². The summed E-state index contributed by atoms with van der Waals surface area (Å²) >= 11 is 3.65. The van der Waals surface area contributed by atoms with E-state index in [9.17, 15) is 9.18 Å². The number of halogens is 2. The average Bonchev–Trinajstić information content (AvgIpc) is 2.80. The molecule has 1 heterocycles. The van der Waals surface area contributed by atoms with Gasteiger partial charge in [0.1, 0.15) is 11.7 Å². The second-order valence-electron chi connectivity index (χ2n) is 3.79. The number of carbonyl (C=O) groups excluding carboxylic acids is 1. The number of hydrogen-bond donors (Lipinski definition) is 0. The molecule has 1 aliphatic rings. The number of aliphatic imine (C=N–C) groups is 1. The number of benzene rings is 1. The maximum absolute atomic E-state index is 13.7. The van der Waals surface area contributed by atoms with Gasteiger partial charge in [0.25, 0.3) is 0 Å². The molecule has 1 saturated heterocycles. The van der Waals surface area contributed by atoms with Gasteiger partial charge < -0.3 is 4.74 Å². The van der Waals surface area contributed by atoms with Crippen molar-refractivity contribution in [3.63, 3.8) is 0 Å². The first-order valence-corrected chi connectivity index (χ1v) is 7.53. The topological polar surface area (TPSA) is 38.7 Å². The molecule has 1 fully saturated rings. The Morgan fingerprint density at radius 2 is 2.39 bits per heavy atom. The fourth-order valence-corrected chi connectivity index (χ4v) is 3.27. The standard InChI is InChI=1S/C12H11FINO2S/c1-17-12(16)8-5-18-6-11(8)15-10-3-2-7(14)4-9(10)13/h2-4,8H,5-6H2,1H3. The highest BCUT2D eigenvalue weighted by Crippen LogP contribution is 2.27. The van der Waals surface area contributed by atoms with Gasteiger partial charge in [0.2, 0.25) is 0 Å². The maximum Gasteiger partial charge on any atom is 0.315 e. The van der Waals surface area contributed by atoms with E-state index in [4.69, 9.17) is 4.74 Å². The Morgan fingerprint density at radius 3 is 3.06 bits per heavy atom. The number of thioether (sulfide) groups is 1. The van der Waals surface area contributed by atoms with Gasteiger partial charge in [-0.2, -0.15) is 11.8 Å². The number of nitrogens with zero attached hydrogens (tertiary/aromatic N) is 1. The summed E-state index contributed by atoms with van der Waals surface area (Å²) in [6.07, 6.45) is 0. The van der Waals surface area contributed by atoms with Crippen LogP contribution >= 0.6 is 34.4 Å². The van der Waals surface area contributed by atoms with Crippen molar-refractivity contribution in [2.75, 3.05) is 18.6 Å². The Morgan fingerprint density at radius 1 is 1.61 bits per heavy atom. The van der Waals surface area contributed by atoms with Crippen LogP contribution in [0.15, 0.2) is 23.2 Å². The van der Waals surface area contributed by atoms with Crippen LogP contribution in [0, 0.1) is 15.3 Å². The van der Waals surface area contributed by atoms with Gasteiger partial charge in [-0.05, 0) is 40.8 Å². The van der Waals surface area contributed by atoms with E-state index in [-0.39, 0.29) is 23.4 Å². The molecule has 0 radical (unpaired) electrons. The van der Waals surface area contributed by atoms with Crippen LogP contribution in [0.2, 0.25) is 0 Å². The lowest BCUT2D eigenvalue weighted by Crippen LogP contribution is -2.23. The zero-order valence-electron chi connectivity index (χ0n) is 9.65. The van der Waals surface area contributed by atoms with Crippen molar-refractivity contribution >= 4 is 51.7 Å². The van der Waals surface area contributed by atoms with E-state index in [1.54, 1.807) is 23.9 Å². The maximum atomic E-state index is 13.7. The van der Waals surface area contributed by atoms with Gasteiger partial charge in [0, 0.05) is 20.8 Å². The molecule has 0 amide bonds. The zero-order valence-corrected chi connectivity index (χ0v) is 12.6. The lowest BCUT2D eigenvalue weighted by atomic mass is 10.1. The summed E-state index contributed by atoms with van der Waals surface area (Å²) in [7, 11) is 1.36. The summed E-state index contributed by atoms with van der Waals surface area (Å²) in [6, 6.07) is 4.84. The van der Waals surface area contributed by atoms with E-state index in [1.165, 1.54) is 13.2 Å². The second-order valence-corrected chi connectivity index (χ2v) is 6.07. The summed E-state index contributed by atoms with van der Waals surface area (Å²) in [4.78, 5) is 15.8. The van der Waals surface area contributed by atoms with Crippen LogP contribution in [0.5, 0.6) is 0 Å². The molecule has 0 aliphatic carbocycles. The molecule has 18 heavy (non-hydrogen) atoms. The summed E-state index contributed by atoms with van der Waals surface area (Å²) in [5.74, 6) is 0.279. The zero-order chi connectivity index (χ0) is 13.1. The van der Waals surface area contributed by atoms with Gasteiger partial charge in [-0.15, -0.1) is 0 Å². The predicted molar refractivity (Wildman–Crippen MR) is 79.0 cm³/mol. The number of ether oxygens (including phenoxy) is 1. The van der Waals surface area contributed by atoms with E-state index < -0.39 is 0 Å². The van der Waals surface area contributed by atoms with Gasteiger partial charge in [0.15, 0.2) is 0 Å². The highest BCUT2D eigenvalue weighted by atomic mass is 127. The monoisotopic (exact) mass is 379 g/mol. The fraction of sp³-hybridized carbons (Fsp3) is 0.333. The Hall–Kier alpha value is -0.630. The van der Waals surface area contributed by atoms with Crippen molar-refractivity contribution in [3.8, 4) is 0 Å². The molecule has 2 rings (SSSR count). The lowest BCUT2D eigenvalue weighted by molar-refractivity contribution is -0.142. The van der Waals surface area contributed by atoms with Crippen molar-refractivity contribution in [1.29, 1.82) is 0 Å². The van der Waals surface area contributed by atoms with E-state index in [1.807, 2.05) is 22.6 Å². The molecule has 96 valence electrons. The van der Waals surface area contributed by atoms with Crippen LogP contribution < -0.4 is 0 Å². The number of hydrogen-bond acceptors (Lipinski definition) is 4. The molecule has 0 spiro atoms. The Balaban J connectivity index is 2.29. The Kier molecular flexibility index (Phi) is 4.60. The second kappa shape index (κ2) is 6.01. The fourth-order valence-electron chi connectivity index (χ4n) is 1.66. The van der Waals surface area contributed by atoms with Crippen LogP contribution in [0.25, 0.3) is 0 Å². The van der Waals surface area contributed by atoms with Crippen LogP contribution in [-0.2, 0) is 9.53 Å². The molecule has 0 N–H and O–H groups in total. The summed E-state index contributed by atoms with van der Waals surface area (Å²) < 4.78 is 19.2. The quantitative estimate of drug-likeness (QED) is 0.586. The summed E-state index contributed by atoms with van der Waals surface area (Å²) in [5, 5.41) is 0. The van der Waals surface area contributed by atoms with Crippen molar-refractivity contribution < 1.29 is 13.9 Å². The largest absolute Gasteiger partial charge is 0.468 e. The molecule has 0 saturated carbocycles. The van der Waals surface area contributed by atoms with Gasteiger partial charge in [-0.25, -0.2) is 4.39 Å². The molecular weight excluding hydrogens is 368 g/mol. The number of methoxy groups -OCH3 is 1. The van der Waals surface area contributed by atoms with Gasteiger partial charge in [-0.3, -0.25) is 9.79 Å². The van der Waals surface area contributed by atoms with Crippen LogP contribution in [0.1, 0.15) is 0 Å². The third kappa shape index (κ3) is 3.03. The lowest BCUT2D eigenvalue weighted by Gasteiger charge is -2.07. The minimum absolute atomic E-state index is 0.279. The molecule has 0 aromatic heterocycles. The molecule has 3 nitrogen and oxygen atoms in total. The molecule has 6 heteroatoms. The number of esters is 1. The van der Waals surface area contributed by atoms with Gasteiger partial charge >= 0.3 is 5.97 Å². The van der Waals surface area contributed by atoms with Crippen LogP contribution in [0.3, 0.4) is 0 Å². The van der Waals surface area contributed by atoms with Crippen LogP contribution in [-0.4, -0.2) is 30.3 Å². The predicted octanol–water partition coefficient (Wildman–Crippen LogP) is 3.04. The van der Waals surface area contributed by atoms with Crippen molar-refractivity contribution in [1.82, 2.24) is 0 Å². The van der Waals surface area contributed by atoms with Gasteiger partial charge in [-0.1, -0.05) is 0 Å². The minimum atomic E-state index is -0.366. The highest BCUT2D eigenvalue weighted by molar-refractivity contribution is 14.1. The third-order valence-electron chi connectivity index (χ3n) is 2.60. The van der Waals surface area contributed by atoms with Gasteiger partial charge in [0.05, 0.1) is 12.8 Å². The average molecular weight is 379 g/mol. The SMILES string of the molecule is COC(=O)C1CSCC1=Nc1ccc(I)cc1F. The van der Waals surface area contributed by atoms with Crippen molar-refractivity contribution in [3.05, 3.63) is 27.6 Å². The third-order valence-corrected chi connectivity index (χ3v) is 4.34. The van der Waals surface area contributed by atoms with E-state index >= 15 is 0 Å². The first-order chi connectivity index (χ1) is 8.61. The summed E-state index contributed by atoms with van der Waals surface area (Å²) in [5.41, 5.74) is 0.966. The smallest absolute Gasteiger partial charge is 0.315 e. The Bertz CT molecular complexity index is 507. The Labute approximate surface area is 122 Å².